The van der Waals surface area contributed by atoms with Crippen LogP contribution in [-0.2, 0) is 0 Å². The summed E-state index contributed by atoms with van der Waals surface area (Å²) < 4.78 is 5.51. The Morgan fingerprint density at radius 1 is 1.25 bits per heavy atom. The van der Waals surface area contributed by atoms with Crippen molar-refractivity contribution in [3.05, 3.63) is 47.5 Å². The normalized spacial score (nSPS) is 9.85. The Morgan fingerprint density at radius 2 is 2.05 bits per heavy atom. The smallest absolute Gasteiger partial charge is 0.122 e. The van der Waals surface area contributed by atoms with Crippen molar-refractivity contribution in [3.8, 4) is 11.8 Å². The number of hydrogen-bond acceptors (Lipinski definition) is 4. The second-order valence-electron chi connectivity index (χ2n) is 4.45. The van der Waals surface area contributed by atoms with E-state index in [0.717, 1.165) is 22.7 Å². The monoisotopic (exact) mass is 267 g/mol. The molecule has 0 aliphatic heterocycles. The quantitative estimate of drug-likeness (QED) is 0.830. The molecular formula is C16H17N3O. The van der Waals surface area contributed by atoms with Crippen LogP contribution < -0.4 is 15.8 Å². The van der Waals surface area contributed by atoms with Crippen molar-refractivity contribution in [2.24, 2.45) is 0 Å². The highest BCUT2D eigenvalue weighted by Crippen LogP contribution is 2.27. The van der Waals surface area contributed by atoms with E-state index >= 15 is 0 Å². The maximum atomic E-state index is 8.82. The molecule has 2 aromatic carbocycles. The van der Waals surface area contributed by atoms with E-state index in [1.165, 1.54) is 0 Å². The summed E-state index contributed by atoms with van der Waals surface area (Å²) in [4.78, 5) is 0. The average Bonchev–Trinajstić information content (AvgIpc) is 2.44. The van der Waals surface area contributed by atoms with Gasteiger partial charge in [-0.25, -0.2) is 0 Å². The molecule has 102 valence electrons. The molecule has 0 saturated carbocycles. The van der Waals surface area contributed by atoms with Gasteiger partial charge in [-0.2, -0.15) is 5.26 Å². The number of nitriles is 1. The SMILES string of the molecule is CCOc1ccc(Nc2ccc(C#N)cc2N)cc1C. The molecule has 0 amide bonds. The minimum Gasteiger partial charge on any atom is -0.494 e. The van der Waals surface area contributed by atoms with Crippen molar-refractivity contribution in [3.63, 3.8) is 0 Å². The summed E-state index contributed by atoms with van der Waals surface area (Å²) in [5.41, 5.74) is 9.80. The number of nitrogen functional groups attached to an aromatic ring is 1. The van der Waals surface area contributed by atoms with Gasteiger partial charge in [0.05, 0.1) is 29.6 Å². The molecule has 0 spiro atoms. The Morgan fingerprint density at radius 3 is 2.65 bits per heavy atom. The van der Waals surface area contributed by atoms with Crippen molar-refractivity contribution < 1.29 is 4.74 Å². The topological polar surface area (TPSA) is 71.1 Å². The van der Waals surface area contributed by atoms with Gasteiger partial charge in [-0.3, -0.25) is 0 Å². The Bertz CT molecular complexity index is 659. The van der Waals surface area contributed by atoms with Crippen LogP contribution in [0.15, 0.2) is 36.4 Å². The van der Waals surface area contributed by atoms with E-state index in [0.29, 0.717) is 17.9 Å². The summed E-state index contributed by atoms with van der Waals surface area (Å²) in [6.45, 7) is 4.61. The summed E-state index contributed by atoms with van der Waals surface area (Å²) in [5.74, 6) is 0.880. The molecule has 4 nitrogen and oxygen atoms in total. The lowest BCUT2D eigenvalue weighted by molar-refractivity contribution is 0.338. The second-order valence-corrected chi connectivity index (χ2v) is 4.45. The molecule has 2 aromatic rings. The standard InChI is InChI=1S/C16H17N3O/c1-3-20-16-7-5-13(8-11(16)2)19-15-6-4-12(10-17)9-14(15)18/h4-9,19H,3,18H2,1-2H3. The Labute approximate surface area is 118 Å². The van der Waals surface area contributed by atoms with Gasteiger partial charge in [0.15, 0.2) is 0 Å². The summed E-state index contributed by atoms with van der Waals surface area (Å²) in [6, 6.07) is 13.1. The molecular weight excluding hydrogens is 250 g/mol. The third-order valence-electron chi connectivity index (χ3n) is 2.93. The maximum Gasteiger partial charge on any atom is 0.122 e. The Hall–Kier alpha value is -2.67. The lowest BCUT2D eigenvalue weighted by Crippen LogP contribution is -1.98. The van der Waals surface area contributed by atoms with Gasteiger partial charge in [0, 0.05) is 5.69 Å². The average molecular weight is 267 g/mol. The fraction of sp³-hybridized carbons (Fsp3) is 0.188. The molecule has 0 aliphatic carbocycles. The minimum atomic E-state index is 0.551. The molecule has 0 atom stereocenters. The number of ether oxygens (including phenoxy) is 1. The van der Waals surface area contributed by atoms with Crippen molar-refractivity contribution in [2.75, 3.05) is 17.7 Å². The van der Waals surface area contributed by atoms with Gasteiger partial charge in [0.2, 0.25) is 0 Å². The van der Waals surface area contributed by atoms with E-state index in [4.69, 9.17) is 15.7 Å². The number of hydrogen-bond donors (Lipinski definition) is 2. The van der Waals surface area contributed by atoms with Crippen LogP contribution in [0.1, 0.15) is 18.1 Å². The van der Waals surface area contributed by atoms with Crippen LogP contribution in [-0.4, -0.2) is 6.61 Å². The van der Waals surface area contributed by atoms with E-state index in [2.05, 4.69) is 11.4 Å². The largest absolute Gasteiger partial charge is 0.494 e. The number of anilines is 3. The maximum absolute atomic E-state index is 8.82. The van der Waals surface area contributed by atoms with Gasteiger partial charge < -0.3 is 15.8 Å². The number of benzene rings is 2. The highest BCUT2D eigenvalue weighted by Gasteiger charge is 2.04. The van der Waals surface area contributed by atoms with Crippen LogP contribution in [0.4, 0.5) is 17.1 Å². The van der Waals surface area contributed by atoms with Crippen LogP contribution >= 0.6 is 0 Å². The van der Waals surface area contributed by atoms with E-state index in [-0.39, 0.29) is 0 Å². The van der Waals surface area contributed by atoms with Gasteiger partial charge in [0.1, 0.15) is 5.75 Å². The van der Waals surface area contributed by atoms with E-state index in [9.17, 15) is 0 Å². The van der Waals surface area contributed by atoms with Crippen LogP contribution in [0, 0.1) is 18.3 Å². The Balaban J connectivity index is 2.22. The first-order valence-corrected chi connectivity index (χ1v) is 6.44. The van der Waals surface area contributed by atoms with Crippen LogP contribution in [0.5, 0.6) is 5.75 Å². The van der Waals surface area contributed by atoms with Gasteiger partial charge in [-0.1, -0.05) is 0 Å². The Kier molecular flexibility index (Phi) is 4.11. The number of aryl methyl sites for hydroxylation is 1. The molecule has 0 saturated heterocycles. The van der Waals surface area contributed by atoms with Gasteiger partial charge >= 0.3 is 0 Å². The summed E-state index contributed by atoms with van der Waals surface area (Å²) in [5, 5.41) is 12.1. The number of nitrogens with zero attached hydrogens (tertiary/aromatic N) is 1. The first-order chi connectivity index (χ1) is 9.63. The van der Waals surface area contributed by atoms with E-state index in [1.54, 1.807) is 18.2 Å². The zero-order valence-corrected chi connectivity index (χ0v) is 11.6. The lowest BCUT2D eigenvalue weighted by atomic mass is 10.1. The predicted molar refractivity (Wildman–Crippen MR) is 81.2 cm³/mol. The highest BCUT2D eigenvalue weighted by atomic mass is 16.5. The number of nitrogens with two attached hydrogens (primary N) is 1. The van der Waals surface area contributed by atoms with Crippen LogP contribution in [0.2, 0.25) is 0 Å². The van der Waals surface area contributed by atoms with Gasteiger partial charge in [-0.15, -0.1) is 0 Å². The van der Waals surface area contributed by atoms with Crippen LogP contribution in [0.3, 0.4) is 0 Å². The van der Waals surface area contributed by atoms with Crippen molar-refractivity contribution >= 4 is 17.1 Å². The fourth-order valence-electron chi connectivity index (χ4n) is 1.95. The summed E-state index contributed by atoms with van der Waals surface area (Å²) in [7, 11) is 0. The predicted octanol–water partition coefficient (Wildman–Crippen LogP) is 3.59. The summed E-state index contributed by atoms with van der Waals surface area (Å²) in [6.07, 6.45) is 0. The zero-order valence-electron chi connectivity index (χ0n) is 11.6. The molecule has 0 bridgehead atoms. The zero-order chi connectivity index (χ0) is 14.5. The number of nitrogens with one attached hydrogen (secondary N) is 1. The first-order valence-electron chi connectivity index (χ1n) is 6.44. The molecule has 0 unspecified atom stereocenters. The third kappa shape index (κ3) is 3.01. The van der Waals surface area contributed by atoms with Gasteiger partial charge in [-0.05, 0) is 55.8 Å². The molecule has 0 radical (unpaired) electrons. The lowest BCUT2D eigenvalue weighted by Gasteiger charge is -2.12. The molecule has 0 fully saturated rings. The molecule has 3 N–H and O–H groups in total. The fourth-order valence-corrected chi connectivity index (χ4v) is 1.95. The van der Waals surface area contributed by atoms with Crippen LogP contribution in [0.25, 0.3) is 0 Å². The van der Waals surface area contributed by atoms with E-state index in [1.807, 2.05) is 32.0 Å². The van der Waals surface area contributed by atoms with Crippen molar-refractivity contribution in [1.29, 1.82) is 5.26 Å². The third-order valence-corrected chi connectivity index (χ3v) is 2.93. The molecule has 20 heavy (non-hydrogen) atoms. The van der Waals surface area contributed by atoms with Crippen molar-refractivity contribution in [1.82, 2.24) is 0 Å². The molecule has 0 aromatic heterocycles. The number of rotatable bonds is 4. The van der Waals surface area contributed by atoms with Crippen molar-refractivity contribution in [2.45, 2.75) is 13.8 Å². The minimum absolute atomic E-state index is 0.551. The first kappa shape index (κ1) is 13.8. The molecule has 0 heterocycles. The molecule has 2 rings (SSSR count). The molecule has 4 heteroatoms. The van der Waals surface area contributed by atoms with Gasteiger partial charge in [0.25, 0.3) is 0 Å². The molecule has 0 aliphatic rings. The highest BCUT2D eigenvalue weighted by molar-refractivity contribution is 5.74. The summed E-state index contributed by atoms with van der Waals surface area (Å²) >= 11 is 0. The second kappa shape index (κ2) is 5.98. The van der Waals surface area contributed by atoms with E-state index < -0.39 is 0 Å².